The molecule has 0 aromatic carbocycles. The van der Waals surface area contributed by atoms with Gasteiger partial charge in [0.1, 0.15) is 13.2 Å². The Morgan fingerprint density at radius 1 is 0.490 bits per heavy atom. The van der Waals surface area contributed by atoms with Crippen LogP contribution in [0.5, 0.6) is 0 Å². The fourth-order valence-corrected chi connectivity index (χ4v) is 6.76. The standard InChI is InChI=1S/C42H82N2O5/c1-8-12-16-20-22-26-30-38(28-24-18-14-10-3)41(46)48-34-32-44(40(45)37(5)36-43(6)7)33-35-49-42(47)39(29-25-19-15-11-4)31-27-23-21-17-13-9-2/h37-39H,8-36H2,1-7H3. The fraction of sp³-hybridized carbons (Fsp3) is 0.929. The van der Waals surface area contributed by atoms with Gasteiger partial charge in [0.2, 0.25) is 5.91 Å². The highest BCUT2D eigenvalue weighted by atomic mass is 16.5. The molecule has 7 heteroatoms. The summed E-state index contributed by atoms with van der Waals surface area (Å²) in [5, 5.41) is 0. The molecule has 3 unspecified atom stereocenters. The third-order valence-electron chi connectivity index (χ3n) is 9.87. The average molecular weight is 695 g/mol. The first-order chi connectivity index (χ1) is 23.7. The highest BCUT2D eigenvalue weighted by Crippen LogP contribution is 2.22. The number of carbonyl (C=O) groups is 3. The van der Waals surface area contributed by atoms with Gasteiger partial charge in [0.15, 0.2) is 0 Å². The van der Waals surface area contributed by atoms with Crippen molar-refractivity contribution in [1.29, 1.82) is 0 Å². The topological polar surface area (TPSA) is 76.1 Å². The van der Waals surface area contributed by atoms with Crippen molar-refractivity contribution in [2.45, 2.75) is 189 Å². The van der Waals surface area contributed by atoms with E-state index in [9.17, 15) is 14.4 Å². The number of esters is 2. The molecule has 0 aromatic heterocycles. The molecule has 0 aliphatic carbocycles. The molecule has 290 valence electrons. The maximum atomic E-state index is 13.5. The van der Waals surface area contributed by atoms with Crippen LogP contribution in [0.3, 0.4) is 0 Å². The second-order valence-corrected chi connectivity index (χ2v) is 15.0. The van der Waals surface area contributed by atoms with Crippen LogP contribution >= 0.6 is 0 Å². The van der Waals surface area contributed by atoms with Crippen LogP contribution < -0.4 is 0 Å². The van der Waals surface area contributed by atoms with Gasteiger partial charge >= 0.3 is 11.9 Å². The molecule has 0 aliphatic rings. The first-order valence-corrected chi connectivity index (χ1v) is 21.0. The van der Waals surface area contributed by atoms with Gasteiger partial charge in [-0.05, 0) is 39.8 Å². The highest BCUT2D eigenvalue weighted by Gasteiger charge is 2.25. The van der Waals surface area contributed by atoms with Crippen molar-refractivity contribution in [3.05, 3.63) is 0 Å². The lowest BCUT2D eigenvalue weighted by atomic mass is 9.94. The molecular weight excluding hydrogens is 612 g/mol. The van der Waals surface area contributed by atoms with Crippen molar-refractivity contribution in [3.63, 3.8) is 0 Å². The van der Waals surface area contributed by atoms with Crippen LogP contribution in [-0.2, 0) is 23.9 Å². The van der Waals surface area contributed by atoms with Crippen molar-refractivity contribution in [2.75, 3.05) is 46.9 Å². The van der Waals surface area contributed by atoms with E-state index in [2.05, 4.69) is 27.7 Å². The van der Waals surface area contributed by atoms with E-state index in [1.54, 1.807) is 4.90 Å². The van der Waals surface area contributed by atoms with Crippen LogP contribution in [0, 0.1) is 17.8 Å². The number of unbranched alkanes of at least 4 members (excludes halogenated alkanes) is 16. The van der Waals surface area contributed by atoms with Crippen LogP contribution in [0.4, 0.5) is 0 Å². The molecule has 0 aromatic rings. The number of ether oxygens (including phenoxy) is 2. The molecule has 7 nitrogen and oxygen atoms in total. The van der Waals surface area contributed by atoms with Crippen LogP contribution in [0.2, 0.25) is 0 Å². The van der Waals surface area contributed by atoms with Crippen molar-refractivity contribution in [1.82, 2.24) is 9.80 Å². The number of rotatable bonds is 35. The molecular formula is C42H82N2O5. The maximum absolute atomic E-state index is 13.5. The molecule has 3 atom stereocenters. The Morgan fingerprint density at radius 3 is 1.12 bits per heavy atom. The summed E-state index contributed by atoms with van der Waals surface area (Å²) in [5.74, 6) is -0.577. The van der Waals surface area contributed by atoms with Gasteiger partial charge in [-0.1, -0.05) is 163 Å². The van der Waals surface area contributed by atoms with E-state index >= 15 is 0 Å². The van der Waals surface area contributed by atoms with Crippen LogP contribution in [0.15, 0.2) is 0 Å². The maximum Gasteiger partial charge on any atom is 0.308 e. The van der Waals surface area contributed by atoms with E-state index in [-0.39, 0.29) is 48.8 Å². The predicted molar refractivity (Wildman–Crippen MR) is 207 cm³/mol. The quantitative estimate of drug-likeness (QED) is 0.0485. The van der Waals surface area contributed by atoms with Gasteiger partial charge < -0.3 is 19.3 Å². The summed E-state index contributed by atoms with van der Waals surface area (Å²) in [4.78, 5) is 43.8. The molecule has 0 rings (SSSR count). The fourth-order valence-electron chi connectivity index (χ4n) is 6.76. The predicted octanol–water partition coefficient (Wildman–Crippen LogP) is 10.8. The van der Waals surface area contributed by atoms with Crippen LogP contribution in [0.25, 0.3) is 0 Å². The highest BCUT2D eigenvalue weighted by molar-refractivity contribution is 5.79. The van der Waals surface area contributed by atoms with Gasteiger partial charge in [-0.2, -0.15) is 0 Å². The molecule has 49 heavy (non-hydrogen) atoms. The third kappa shape index (κ3) is 26.8. The van der Waals surface area contributed by atoms with E-state index in [1.807, 2.05) is 25.9 Å². The Hall–Kier alpha value is -1.63. The first kappa shape index (κ1) is 47.4. The van der Waals surface area contributed by atoms with E-state index < -0.39 is 0 Å². The number of hydrogen-bond acceptors (Lipinski definition) is 6. The monoisotopic (exact) mass is 695 g/mol. The van der Waals surface area contributed by atoms with Crippen molar-refractivity contribution in [2.24, 2.45) is 17.8 Å². The van der Waals surface area contributed by atoms with Crippen molar-refractivity contribution >= 4 is 17.8 Å². The molecule has 1 amide bonds. The van der Waals surface area contributed by atoms with E-state index in [0.717, 1.165) is 64.2 Å². The molecule has 0 aliphatic heterocycles. The Bertz CT molecular complexity index is 739. The lowest BCUT2D eigenvalue weighted by molar-refractivity contribution is -0.153. The van der Waals surface area contributed by atoms with Gasteiger partial charge in [0.05, 0.1) is 24.9 Å². The second kappa shape index (κ2) is 33.5. The van der Waals surface area contributed by atoms with E-state index in [0.29, 0.717) is 19.6 Å². The zero-order valence-corrected chi connectivity index (χ0v) is 33.7. The van der Waals surface area contributed by atoms with Crippen LogP contribution in [0.1, 0.15) is 189 Å². The molecule has 0 spiro atoms. The SMILES string of the molecule is CCCCCCCCC(CCCCCC)C(=O)OCCN(CCOC(=O)C(CCCCCC)CCCCCCCC)C(=O)C(C)CN(C)C. The van der Waals surface area contributed by atoms with Gasteiger partial charge in [0, 0.05) is 12.5 Å². The molecule has 0 fully saturated rings. The number of hydrogen-bond donors (Lipinski definition) is 0. The van der Waals surface area contributed by atoms with Gasteiger partial charge in [-0.15, -0.1) is 0 Å². The smallest absolute Gasteiger partial charge is 0.308 e. The molecule has 0 saturated heterocycles. The first-order valence-electron chi connectivity index (χ1n) is 21.0. The Morgan fingerprint density at radius 2 is 0.796 bits per heavy atom. The number of amides is 1. The Labute approximate surface area is 304 Å². The third-order valence-corrected chi connectivity index (χ3v) is 9.87. The lowest BCUT2D eigenvalue weighted by Gasteiger charge is -2.27. The van der Waals surface area contributed by atoms with E-state index in [4.69, 9.17) is 9.47 Å². The molecule has 0 bridgehead atoms. The second-order valence-electron chi connectivity index (χ2n) is 15.0. The minimum atomic E-state index is -0.209. The Kier molecular flexibility index (Phi) is 32.4. The summed E-state index contributed by atoms with van der Waals surface area (Å²) < 4.78 is 11.7. The van der Waals surface area contributed by atoms with E-state index in [1.165, 1.54) is 89.9 Å². The van der Waals surface area contributed by atoms with Gasteiger partial charge in [-0.3, -0.25) is 14.4 Å². The van der Waals surface area contributed by atoms with Gasteiger partial charge in [-0.25, -0.2) is 0 Å². The zero-order valence-electron chi connectivity index (χ0n) is 33.7. The summed E-state index contributed by atoms with van der Waals surface area (Å²) in [6, 6.07) is 0. The number of carbonyl (C=O) groups excluding carboxylic acids is 3. The summed E-state index contributed by atoms with van der Waals surface area (Å²) in [6.45, 7) is 12.4. The molecule has 0 radical (unpaired) electrons. The summed E-state index contributed by atoms with van der Waals surface area (Å²) in [6.07, 6.45) is 27.2. The Balaban J connectivity index is 5.24. The zero-order chi connectivity index (χ0) is 36.5. The molecule has 0 heterocycles. The summed E-state index contributed by atoms with van der Waals surface area (Å²) in [7, 11) is 3.93. The molecule has 0 N–H and O–H groups in total. The molecule has 0 saturated carbocycles. The van der Waals surface area contributed by atoms with Gasteiger partial charge in [0.25, 0.3) is 0 Å². The van der Waals surface area contributed by atoms with Crippen molar-refractivity contribution in [3.8, 4) is 0 Å². The lowest BCUT2D eigenvalue weighted by Crippen LogP contribution is -2.43. The number of nitrogens with zero attached hydrogens (tertiary/aromatic N) is 2. The summed E-state index contributed by atoms with van der Waals surface area (Å²) >= 11 is 0. The van der Waals surface area contributed by atoms with Crippen LogP contribution in [-0.4, -0.2) is 74.6 Å². The minimum absolute atomic E-state index is 0.00666. The normalized spacial score (nSPS) is 13.3. The largest absolute Gasteiger partial charge is 0.464 e. The van der Waals surface area contributed by atoms with Crippen molar-refractivity contribution < 1.29 is 23.9 Å². The summed E-state index contributed by atoms with van der Waals surface area (Å²) in [5.41, 5.74) is 0. The average Bonchev–Trinajstić information content (AvgIpc) is 3.08. The minimum Gasteiger partial charge on any atom is -0.464 e.